The normalized spacial score (nSPS) is 19.4. The number of amides is 2. The summed E-state index contributed by atoms with van der Waals surface area (Å²) in [5, 5.41) is 3.38. The van der Waals surface area contributed by atoms with Crippen molar-refractivity contribution in [1.82, 2.24) is 15.3 Å². The van der Waals surface area contributed by atoms with Gasteiger partial charge < -0.3 is 10.2 Å². The molecule has 9 heteroatoms. The molecule has 1 aliphatic heterocycles. The standard InChI is InChI=1S/C18H18F2N4O2S/c1-18(16(26)22-9-13-3-4-21-17(23-13)27-2)8-15(25)24(10-18)14-6-11(19)5-12(20)7-14/h3-7H,8-10H2,1-2H3,(H,22,26). The van der Waals surface area contributed by atoms with Crippen LogP contribution >= 0.6 is 11.8 Å². The second-order valence-corrected chi connectivity index (χ2v) is 7.34. The molecule has 1 aromatic carbocycles. The topological polar surface area (TPSA) is 75.2 Å². The van der Waals surface area contributed by atoms with E-state index in [1.807, 2.05) is 6.26 Å². The van der Waals surface area contributed by atoms with Crippen molar-refractivity contribution >= 4 is 29.3 Å². The molecule has 1 aliphatic rings. The van der Waals surface area contributed by atoms with E-state index in [0.717, 1.165) is 18.2 Å². The molecule has 27 heavy (non-hydrogen) atoms. The van der Waals surface area contributed by atoms with Crippen LogP contribution in [0.2, 0.25) is 0 Å². The summed E-state index contributed by atoms with van der Waals surface area (Å²) in [4.78, 5) is 34.6. The second kappa shape index (κ2) is 7.59. The lowest BCUT2D eigenvalue weighted by Crippen LogP contribution is -2.40. The fraction of sp³-hybridized carbons (Fsp3) is 0.333. The van der Waals surface area contributed by atoms with E-state index in [4.69, 9.17) is 0 Å². The Kier molecular flexibility index (Phi) is 5.41. The Balaban J connectivity index is 1.70. The van der Waals surface area contributed by atoms with Gasteiger partial charge in [0.2, 0.25) is 11.8 Å². The molecule has 0 spiro atoms. The molecule has 0 saturated carbocycles. The minimum Gasteiger partial charge on any atom is -0.350 e. The van der Waals surface area contributed by atoms with Crippen molar-refractivity contribution < 1.29 is 18.4 Å². The van der Waals surface area contributed by atoms with Gasteiger partial charge in [-0.15, -0.1) is 0 Å². The summed E-state index contributed by atoms with van der Waals surface area (Å²) >= 11 is 1.39. The average molecular weight is 392 g/mol. The number of aromatic nitrogens is 2. The van der Waals surface area contributed by atoms with E-state index in [1.54, 1.807) is 19.2 Å². The van der Waals surface area contributed by atoms with Crippen LogP contribution in [0.1, 0.15) is 19.0 Å². The van der Waals surface area contributed by atoms with Crippen molar-refractivity contribution in [3.63, 3.8) is 0 Å². The van der Waals surface area contributed by atoms with E-state index in [1.165, 1.54) is 16.7 Å². The maximum Gasteiger partial charge on any atom is 0.228 e. The monoisotopic (exact) mass is 392 g/mol. The summed E-state index contributed by atoms with van der Waals surface area (Å²) in [7, 11) is 0. The smallest absolute Gasteiger partial charge is 0.228 e. The molecular formula is C18H18F2N4O2S. The number of thioether (sulfide) groups is 1. The van der Waals surface area contributed by atoms with Gasteiger partial charge in [-0.3, -0.25) is 9.59 Å². The van der Waals surface area contributed by atoms with E-state index in [2.05, 4.69) is 15.3 Å². The van der Waals surface area contributed by atoms with Gasteiger partial charge in [-0.05, 0) is 31.4 Å². The summed E-state index contributed by atoms with van der Waals surface area (Å²) in [6.45, 7) is 1.90. The van der Waals surface area contributed by atoms with Gasteiger partial charge in [-0.1, -0.05) is 11.8 Å². The lowest BCUT2D eigenvalue weighted by atomic mass is 9.88. The van der Waals surface area contributed by atoms with Gasteiger partial charge in [0, 0.05) is 30.9 Å². The van der Waals surface area contributed by atoms with E-state index in [0.29, 0.717) is 10.9 Å². The SMILES string of the molecule is CSc1nccc(CNC(=O)C2(C)CC(=O)N(c3cc(F)cc(F)c3)C2)n1. The fourth-order valence-electron chi connectivity index (χ4n) is 2.96. The summed E-state index contributed by atoms with van der Waals surface area (Å²) in [6, 6.07) is 4.59. The number of rotatable bonds is 5. The molecule has 1 aromatic heterocycles. The van der Waals surface area contributed by atoms with E-state index in [9.17, 15) is 18.4 Å². The van der Waals surface area contributed by atoms with E-state index >= 15 is 0 Å². The molecule has 1 unspecified atom stereocenters. The summed E-state index contributed by atoms with van der Waals surface area (Å²) < 4.78 is 26.9. The third-order valence-corrected chi connectivity index (χ3v) is 4.92. The Bertz CT molecular complexity index is 875. The zero-order valence-corrected chi connectivity index (χ0v) is 15.6. The number of nitrogens with one attached hydrogen (secondary N) is 1. The first-order valence-electron chi connectivity index (χ1n) is 8.21. The van der Waals surface area contributed by atoms with Crippen molar-refractivity contribution in [3.05, 3.63) is 47.8 Å². The van der Waals surface area contributed by atoms with Gasteiger partial charge >= 0.3 is 0 Å². The highest BCUT2D eigenvalue weighted by Crippen LogP contribution is 2.35. The lowest BCUT2D eigenvalue weighted by molar-refractivity contribution is -0.131. The highest BCUT2D eigenvalue weighted by Gasteiger charge is 2.45. The van der Waals surface area contributed by atoms with Crippen molar-refractivity contribution in [1.29, 1.82) is 0 Å². The molecule has 0 radical (unpaired) electrons. The average Bonchev–Trinajstić information content (AvgIpc) is 2.95. The quantitative estimate of drug-likeness (QED) is 0.625. The number of halogens is 2. The van der Waals surface area contributed by atoms with Crippen molar-refractivity contribution in [2.75, 3.05) is 17.7 Å². The van der Waals surface area contributed by atoms with Crippen molar-refractivity contribution in [2.45, 2.75) is 25.0 Å². The molecule has 0 bridgehead atoms. The Morgan fingerprint density at radius 3 is 2.70 bits per heavy atom. The van der Waals surface area contributed by atoms with Crippen LogP contribution in [0.15, 0.2) is 35.6 Å². The maximum atomic E-state index is 13.5. The molecule has 142 valence electrons. The van der Waals surface area contributed by atoms with Gasteiger partial charge in [-0.2, -0.15) is 0 Å². The van der Waals surface area contributed by atoms with Crippen LogP contribution in [0.4, 0.5) is 14.5 Å². The Morgan fingerprint density at radius 1 is 1.33 bits per heavy atom. The highest BCUT2D eigenvalue weighted by molar-refractivity contribution is 7.98. The number of anilines is 1. The minimum absolute atomic E-state index is 0.0421. The van der Waals surface area contributed by atoms with Crippen LogP contribution in [-0.2, 0) is 16.1 Å². The number of hydrogen-bond acceptors (Lipinski definition) is 5. The number of carbonyl (C=O) groups is 2. The predicted octanol–water partition coefficient (Wildman–Crippen LogP) is 2.54. The molecular weight excluding hydrogens is 374 g/mol. The lowest BCUT2D eigenvalue weighted by Gasteiger charge is -2.23. The number of benzene rings is 1. The third-order valence-electron chi connectivity index (χ3n) is 4.36. The van der Waals surface area contributed by atoms with Gasteiger partial charge in [0.1, 0.15) is 11.6 Å². The van der Waals surface area contributed by atoms with Gasteiger partial charge in [0.25, 0.3) is 0 Å². The molecule has 2 amide bonds. The maximum absolute atomic E-state index is 13.5. The highest BCUT2D eigenvalue weighted by atomic mass is 32.2. The molecule has 1 saturated heterocycles. The first-order chi connectivity index (χ1) is 12.8. The molecule has 1 N–H and O–H groups in total. The van der Waals surface area contributed by atoms with E-state index < -0.39 is 17.0 Å². The zero-order chi connectivity index (χ0) is 19.6. The summed E-state index contributed by atoms with van der Waals surface area (Å²) in [5.41, 5.74) is -0.246. The Morgan fingerprint density at radius 2 is 2.04 bits per heavy atom. The minimum atomic E-state index is -1.00. The first-order valence-corrected chi connectivity index (χ1v) is 9.44. The van der Waals surface area contributed by atoms with Crippen LogP contribution in [0, 0.1) is 17.0 Å². The Hall–Kier alpha value is -2.55. The number of nitrogens with zero attached hydrogens (tertiary/aromatic N) is 3. The zero-order valence-electron chi connectivity index (χ0n) is 14.8. The van der Waals surface area contributed by atoms with Crippen LogP contribution in [0.5, 0.6) is 0 Å². The second-order valence-electron chi connectivity index (χ2n) is 6.56. The molecule has 6 nitrogen and oxygen atoms in total. The van der Waals surface area contributed by atoms with Crippen LogP contribution in [0.3, 0.4) is 0 Å². The summed E-state index contributed by atoms with van der Waals surface area (Å²) in [6.07, 6.45) is 3.42. The first kappa shape index (κ1) is 19.2. The van der Waals surface area contributed by atoms with Crippen LogP contribution < -0.4 is 10.2 Å². The largest absolute Gasteiger partial charge is 0.350 e. The van der Waals surface area contributed by atoms with Gasteiger partial charge in [0.05, 0.1) is 17.7 Å². The van der Waals surface area contributed by atoms with Crippen molar-refractivity contribution in [3.8, 4) is 0 Å². The van der Waals surface area contributed by atoms with Crippen molar-refractivity contribution in [2.24, 2.45) is 5.41 Å². The molecule has 1 atom stereocenters. The molecule has 2 heterocycles. The third kappa shape index (κ3) is 4.24. The molecule has 3 rings (SSSR count). The molecule has 1 fully saturated rings. The Labute approximate surface area is 159 Å². The predicted molar refractivity (Wildman–Crippen MR) is 97.1 cm³/mol. The van der Waals surface area contributed by atoms with Crippen LogP contribution in [-0.4, -0.2) is 34.6 Å². The molecule has 2 aromatic rings. The summed E-state index contributed by atoms with van der Waals surface area (Å²) in [5.74, 6) is -2.22. The fourth-order valence-corrected chi connectivity index (χ4v) is 3.34. The van der Waals surface area contributed by atoms with Gasteiger partial charge in [-0.25, -0.2) is 18.7 Å². The van der Waals surface area contributed by atoms with Gasteiger partial charge in [0.15, 0.2) is 5.16 Å². The van der Waals surface area contributed by atoms with Crippen LogP contribution in [0.25, 0.3) is 0 Å². The molecule has 0 aliphatic carbocycles. The van der Waals surface area contributed by atoms with E-state index in [-0.39, 0.29) is 37.0 Å². The number of carbonyl (C=O) groups excluding carboxylic acids is 2. The number of hydrogen-bond donors (Lipinski definition) is 1.